The van der Waals surface area contributed by atoms with Crippen molar-refractivity contribution in [2.24, 2.45) is 0 Å². The van der Waals surface area contributed by atoms with E-state index in [1.807, 2.05) is 0 Å². The first-order valence-corrected chi connectivity index (χ1v) is 5.40. The predicted molar refractivity (Wildman–Crippen MR) is 52.3 cm³/mol. The number of hydrogen-bond acceptors (Lipinski definition) is 6. The topological polar surface area (TPSA) is 138 Å². The van der Waals surface area contributed by atoms with Crippen LogP contribution in [0.4, 0.5) is 0 Å². The second-order valence-electron chi connectivity index (χ2n) is 3.96. The van der Waals surface area contributed by atoms with E-state index in [4.69, 9.17) is 0 Å². The monoisotopic (exact) mass is 279 g/mol. The average Bonchev–Trinajstić information content (AvgIpc) is 2.88. The summed E-state index contributed by atoms with van der Waals surface area (Å²) in [5.41, 5.74) is 0. The molecule has 2 N–H and O–H groups in total. The second-order valence-corrected chi connectivity index (χ2v) is 3.96. The minimum atomic E-state index is -1.19. The number of carbonyl (C=O) groups excluding carboxylic acids is 4. The Bertz CT molecular complexity index is 350. The molecule has 2 rings (SSSR count). The number of carboxylic acid groups (broad SMARTS) is 2. The SMILES string of the molecule is O=C1CC[C@@H](C(=O)[O-])N1.O=C1CC[C@@H](C(=O)[O-])N1.[Na+]. The van der Waals surface area contributed by atoms with E-state index >= 15 is 0 Å². The van der Waals surface area contributed by atoms with Gasteiger partial charge in [0.25, 0.3) is 0 Å². The van der Waals surface area contributed by atoms with Crippen molar-refractivity contribution in [3.8, 4) is 0 Å². The number of nitrogens with one attached hydrogen (secondary N) is 2. The van der Waals surface area contributed by atoms with Crippen LogP contribution in [0.25, 0.3) is 0 Å². The summed E-state index contributed by atoms with van der Waals surface area (Å²) in [4.78, 5) is 40.8. The van der Waals surface area contributed by atoms with Gasteiger partial charge in [0.15, 0.2) is 0 Å². The first-order valence-electron chi connectivity index (χ1n) is 5.40. The van der Waals surface area contributed by atoms with Gasteiger partial charge in [-0.2, -0.15) is 0 Å². The Labute approximate surface area is 131 Å². The molecule has 0 unspecified atom stereocenters. The summed E-state index contributed by atoms with van der Waals surface area (Å²) in [6.45, 7) is 0. The summed E-state index contributed by atoms with van der Waals surface area (Å²) in [5, 5.41) is 24.5. The molecular formula is C10H12N2NaO6-. The fourth-order valence-corrected chi connectivity index (χ4v) is 1.58. The van der Waals surface area contributed by atoms with Gasteiger partial charge in [0.2, 0.25) is 11.8 Å². The minimum absolute atomic E-state index is 0. The Kier molecular flexibility index (Phi) is 7.65. The first-order chi connectivity index (χ1) is 8.40. The van der Waals surface area contributed by atoms with Crippen LogP contribution in [-0.2, 0) is 19.2 Å². The largest absolute Gasteiger partial charge is 1.00 e. The van der Waals surface area contributed by atoms with E-state index in [-0.39, 0.29) is 41.4 Å². The summed E-state index contributed by atoms with van der Waals surface area (Å²) in [6.07, 6.45) is 1.33. The smallest absolute Gasteiger partial charge is 0.548 e. The van der Waals surface area contributed by atoms with Crippen molar-refractivity contribution in [1.82, 2.24) is 10.6 Å². The molecule has 0 saturated carbocycles. The molecule has 0 aromatic rings. The van der Waals surface area contributed by atoms with E-state index in [0.717, 1.165) is 0 Å². The van der Waals surface area contributed by atoms with E-state index in [1.165, 1.54) is 0 Å². The summed E-state index contributed by atoms with van der Waals surface area (Å²) in [5.74, 6) is -2.80. The van der Waals surface area contributed by atoms with Gasteiger partial charge in [0.1, 0.15) is 0 Å². The maximum absolute atomic E-state index is 10.4. The quantitative estimate of drug-likeness (QED) is 0.482. The summed E-state index contributed by atoms with van der Waals surface area (Å²) >= 11 is 0. The third kappa shape index (κ3) is 6.04. The normalized spacial score (nSPS) is 24.4. The van der Waals surface area contributed by atoms with E-state index in [9.17, 15) is 29.4 Å². The number of rotatable bonds is 2. The average molecular weight is 279 g/mol. The minimum Gasteiger partial charge on any atom is -0.548 e. The van der Waals surface area contributed by atoms with Gasteiger partial charge in [0.05, 0.1) is 24.0 Å². The van der Waals surface area contributed by atoms with Gasteiger partial charge in [-0.3, -0.25) is 9.59 Å². The molecule has 100 valence electrons. The van der Waals surface area contributed by atoms with Gasteiger partial charge >= 0.3 is 29.6 Å². The van der Waals surface area contributed by atoms with E-state index < -0.39 is 24.0 Å². The molecule has 2 amide bonds. The molecule has 2 saturated heterocycles. The summed E-state index contributed by atoms with van der Waals surface area (Å²) in [7, 11) is 0. The molecule has 0 aromatic heterocycles. The third-order valence-corrected chi connectivity index (χ3v) is 2.56. The summed E-state index contributed by atoms with van der Waals surface area (Å²) < 4.78 is 0. The molecule has 8 nitrogen and oxygen atoms in total. The molecule has 0 aromatic carbocycles. The van der Waals surface area contributed by atoms with Crippen LogP contribution in [0.2, 0.25) is 0 Å². The molecule has 9 heteroatoms. The predicted octanol–water partition coefficient (Wildman–Crippen LogP) is -6.97. The van der Waals surface area contributed by atoms with Crippen LogP contribution < -0.4 is 50.4 Å². The molecule has 2 fully saturated rings. The molecule has 0 aliphatic carbocycles. The molecule has 19 heavy (non-hydrogen) atoms. The van der Waals surface area contributed by atoms with E-state index in [1.54, 1.807) is 0 Å². The van der Waals surface area contributed by atoms with Crippen molar-refractivity contribution >= 4 is 23.8 Å². The molecule has 2 aliphatic heterocycles. The van der Waals surface area contributed by atoms with E-state index in [0.29, 0.717) is 25.7 Å². The Morgan fingerprint density at radius 3 is 1.32 bits per heavy atom. The van der Waals surface area contributed by atoms with Crippen molar-refractivity contribution < 1.29 is 58.9 Å². The zero-order valence-electron chi connectivity index (χ0n) is 10.4. The Balaban J connectivity index is 0.000000324. The van der Waals surface area contributed by atoms with Gasteiger partial charge in [-0.05, 0) is 12.8 Å². The molecule has 0 spiro atoms. The summed E-state index contributed by atoms with van der Waals surface area (Å²) in [6, 6.07) is -1.50. The first kappa shape index (κ1) is 17.9. The van der Waals surface area contributed by atoms with Crippen molar-refractivity contribution in [3.63, 3.8) is 0 Å². The molecule has 2 atom stereocenters. The number of carboxylic acids is 2. The van der Waals surface area contributed by atoms with Crippen molar-refractivity contribution in [1.29, 1.82) is 0 Å². The number of hydrogen-bond donors (Lipinski definition) is 2. The van der Waals surface area contributed by atoms with Gasteiger partial charge in [-0.25, -0.2) is 0 Å². The molecule has 2 aliphatic rings. The Morgan fingerprint density at radius 2 is 1.21 bits per heavy atom. The van der Waals surface area contributed by atoms with Crippen LogP contribution in [0.1, 0.15) is 25.7 Å². The van der Waals surface area contributed by atoms with Gasteiger partial charge in [-0.1, -0.05) is 0 Å². The molecule has 2 heterocycles. The fourth-order valence-electron chi connectivity index (χ4n) is 1.58. The van der Waals surface area contributed by atoms with Crippen LogP contribution in [0.5, 0.6) is 0 Å². The molecule has 0 radical (unpaired) electrons. The van der Waals surface area contributed by atoms with Crippen LogP contribution in [0.3, 0.4) is 0 Å². The maximum atomic E-state index is 10.4. The van der Waals surface area contributed by atoms with Crippen LogP contribution in [0, 0.1) is 0 Å². The molecule has 0 bridgehead atoms. The van der Waals surface area contributed by atoms with Crippen LogP contribution in [-0.4, -0.2) is 35.8 Å². The Hall–Kier alpha value is -1.12. The van der Waals surface area contributed by atoms with Gasteiger partial charge in [0, 0.05) is 12.8 Å². The number of carbonyl (C=O) groups is 4. The Morgan fingerprint density at radius 1 is 0.895 bits per heavy atom. The third-order valence-electron chi connectivity index (χ3n) is 2.56. The number of amides is 2. The maximum Gasteiger partial charge on any atom is 1.00 e. The van der Waals surface area contributed by atoms with E-state index in [2.05, 4.69) is 10.6 Å². The fraction of sp³-hybridized carbons (Fsp3) is 0.600. The zero-order valence-corrected chi connectivity index (χ0v) is 12.4. The van der Waals surface area contributed by atoms with Crippen molar-refractivity contribution in [2.75, 3.05) is 0 Å². The van der Waals surface area contributed by atoms with Crippen molar-refractivity contribution in [3.05, 3.63) is 0 Å². The van der Waals surface area contributed by atoms with Crippen LogP contribution in [0.15, 0.2) is 0 Å². The number of aliphatic carboxylic acids is 2. The van der Waals surface area contributed by atoms with Crippen molar-refractivity contribution in [2.45, 2.75) is 37.8 Å². The second kappa shape index (κ2) is 8.13. The van der Waals surface area contributed by atoms with Gasteiger partial charge < -0.3 is 30.4 Å². The van der Waals surface area contributed by atoms with Crippen LogP contribution >= 0.6 is 0 Å². The standard InChI is InChI=1S/2C5H7NO3.Na/c2*7-4-2-1-3(6-4)5(8)9;/h2*3H,1-2H2,(H,6,7)(H,8,9);/q;;+1/p-2/t2*3-;/m00./s1. The zero-order chi connectivity index (χ0) is 13.7. The molecular weight excluding hydrogens is 267 g/mol. The van der Waals surface area contributed by atoms with Gasteiger partial charge in [-0.15, -0.1) is 0 Å².